The van der Waals surface area contributed by atoms with Crippen molar-refractivity contribution in [1.82, 2.24) is 10.3 Å². The lowest BCUT2D eigenvalue weighted by molar-refractivity contribution is -0.110. The van der Waals surface area contributed by atoms with Crippen molar-refractivity contribution in [3.63, 3.8) is 0 Å². The molecular formula is C15H21FN2O2. The highest BCUT2D eigenvalue weighted by molar-refractivity contribution is 5.80. The van der Waals surface area contributed by atoms with Crippen LogP contribution in [0.5, 0.6) is 0 Å². The molecule has 3 N–H and O–H groups in total. The Bertz CT molecular complexity index is 540. The molecule has 0 saturated heterocycles. The lowest BCUT2D eigenvalue weighted by Crippen LogP contribution is -2.30. The van der Waals surface area contributed by atoms with E-state index in [2.05, 4.69) is 10.3 Å². The summed E-state index contributed by atoms with van der Waals surface area (Å²) in [6, 6.07) is 6.61. The van der Waals surface area contributed by atoms with Gasteiger partial charge in [0.05, 0.1) is 12.6 Å². The van der Waals surface area contributed by atoms with Crippen molar-refractivity contribution >= 4 is 17.3 Å². The van der Waals surface area contributed by atoms with Crippen LogP contribution in [0.15, 0.2) is 24.3 Å². The van der Waals surface area contributed by atoms with E-state index in [0.29, 0.717) is 6.41 Å². The molecule has 1 unspecified atom stereocenters. The molecule has 2 aromatic rings. The molecule has 5 heteroatoms. The molecular weight excluding hydrogens is 259 g/mol. The number of aryl methyl sites for hydroxylation is 1. The maximum Gasteiger partial charge on any atom is 0.207 e. The number of benzene rings is 1. The predicted octanol–water partition coefficient (Wildman–Crippen LogP) is 2.51. The van der Waals surface area contributed by atoms with Crippen LogP contribution in [-0.2, 0) is 4.79 Å². The van der Waals surface area contributed by atoms with E-state index in [1.165, 1.54) is 12.1 Å². The molecule has 1 atom stereocenters. The van der Waals surface area contributed by atoms with Crippen LogP contribution in [0.1, 0.15) is 25.5 Å². The predicted molar refractivity (Wildman–Crippen MR) is 78.0 cm³/mol. The first-order valence-corrected chi connectivity index (χ1v) is 6.66. The summed E-state index contributed by atoms with van der Waals surface area (Å²) in [5.41, 5.74) is 2.05. The van der Waals surface area contributed by atoms with Crippen molar-refractivity contribution in [3.05, 3.63) is 35.8 Å². The molecule has 0 fully saturated rings. The summed E-state index contributed by atoms with van der Waals surface area (Å²) in [6.07, 6.45) is 2.44. The number of amides is 1. The molecule has 4 nitrogen and oxygen atoms in total. The van der Waals surface area contributed by atoms with E-state index in [4.69, 9.17) is 5.11 Å². The van der Waals surface area contributed by atoms with Crippen molar-refractivity contribution in [2.24, 2.45) is 0 Å². The fourth-order valence-electron chi connectivity index (χ4n) is 1.92. The smallest absolute Gasteiger partial charge is 0.207 e. The van der Waals surface area contributed by atoms with E-state index in [-0.39, 0.29) is 18.5 Å². The second kappa shape index (κ2) is 8.32. The molecule has 0 aliphatic carbocycles. The van der Waals surface area contributed by atoms with Gasteiger partial charge in [-0.15, -0.1) is 0 Å². The van der Waals surface area contributed by atoms with Crippen LogP contribution in [0.3, 0.4) is 0 Å². The average molecular weight is 280 g/mol. The Morgan fingerprint density at radius 3 is 2.80 bits per heavy atom. The van der Waals surface area contributed by atoms with Crippen LogP contribution in [0, 0.1) is 12.7 Å². The first-order valence-electron chi connectivity index (χ1n) is 6.66. The van der Waals surface area contributed by atoms with E-state index in [1.807, 2.05) is 19.9 Å². The second-order valence-corrected chi connectivity index (χ2v) is 4.64. The van der Waals surface area contributed by atoms with Gasteiger partial charge in [-0.2, -0.15) is 0 Å². The zero-order valence-corrected chi connectivity index (χ0v) is 11.8. The van der Waals surface area contributed by atoms with E-state index in [1.54, 1.807) is 6.07 Å². The summed E-state index contributed by atoms with van der Waals surface area (Å²) >= 11 is 0. The van der Waals surface area contributed by atoms with E-state index in [9.17, 15) is 9.18 Å². The van der Waals surface area contributed by atoms with Crippen LogP contribution >= 0.6 is 0 Å². The van der Waals surface area contributed by atoms with Crippen LogP contribution < -0.4 is 5.32 Å². The third-order valence-electron chi connectivity index (χ3n) is 2.88. The van der Waals surface area contributed by atoms with Gasteiger partial charge in [-0.1, -0.05) is 13.3 Å². The van der Waals surface area contributed by atoms with Gasteiger partial charge in [0.2, 0.25) is 6.41 Å². The molecule has 0 spiro atoms. The van der Waals surface area contributed by atoms with Gasteiger partial charge in [0.1, 0.15) is 5.82 Å². The average Bonchev–Trinajstić information content (AvgIpc) is 2.78. The molecule has 1 aromatic heterocycles. The largest absolute Gasteiger partial charge is 0.394 e. The molecule has 0 bridgehead atoms. The minimum Gasteiger partial charge on any atom is -0.394 e. The van der Waals surface area contributed by atoms with Crippen molar-refractivity contribution in [1.29, 1.82) is 0 Å². The molecule has 1 amide bonds. The topological polar surface area (TPSA) is 65.1 Å². The number of carbonyl (C=O) groups excluding carboxylic acids is 1. The van der Waals surface area contributed by atoms with Crippen molar-refractivity contribution < 1.29 is 14.3 Å². The molecule has 0 radical (unpaired) electrons. The van der Waals surface area contributed by atoms with Gasteiger partial charge in [-0.3, -0.25) is 4.79 Å². The Morgan fingerprint density at radius 1 is 1.45 bits per heavy atom. The van der Waals surface area contributed by atoms with Gasteiger partial charge < -0.3 is 15.4 Å². The maximum absolute atomic E-state index is 12.6. The molecule has 1 heterocycles. The number of H-pyrrole nitrogens is 1. The van der Waals surface area contributed by atoms with Gasteiger partial charge in [0, 0.05) is 16.6 Å². The van der Waals surface area contributed by atoms with Crippen LogP contribution in [0.25, 0.3) is 10.9 Å². The lowest BCUT2D eigenvalue weighted by atomic mass is 10.2. The monoisotopic (exact) mass is 280 g/mol. The number of aromatic nitrogens is 1. The summed E-state index contributed by atoms with van der Waals surface area (Å²) in [4.78, 5) is 12.9. The lowest BCUT2D eigenvalue weighted by Gasteiger charge is -2.09. The van der Waals surface area contributed by atoms with Crippen LogP contribution in [0.2, 0.25) is 0 Å². The minimum atomic E-state index is -0.184. The number of hydrogen-bond acceptors (Lipinski definition) is 2. The van der Waals surface area contributed by atoms with Crippen LogP contribution in [0.4, 0.5) is 4.39 Å². The van der Waals surface area contributed by atoms with Gasteiger partial charge in [0.25, 0.3) is 0 Å². The Kier molecular flexibility index (Phi) is 6.73. The number of rotatable bonds is 5. The summed E-state index contributed by atoms with van der Waals surface area (Å²) in [7, 11) is 0. The normalized spacial score (nSPS) is 11.6. The Hall–Kier alpha value is -1.88. The highest BCUT2D eigenvalue weighted by Crippen LogP contribution is 2.15. The van der Waals surface area contributed by atoms with E-state index in [0.717, 1.165) is 29.4 Å². The maximum atomic E-state index is 12.6. The number of aliphatic hydroxyl groups is 1. The molecule has 0 aliphatic heterocycles. The summed E-state index contributed by atoms with van der Waals surface area (Å²) in [5, 5.41) is 12.0. The molecule has 2 rings (SSSR count). The third kappa shape index (κ3) is 5.01. The summed E-state index contributed by atoms with van der Waals surface area (Å²) in [6.45, 7) is 4.00. The van der Waals surface area contributed by atoms with E-state index >= 15 is 0 Å². The number of aliphatic hydroxyl groups excluding tert-OH is 1. The van der Waals surface area contributed by atoms with Crippen molar-refractivity contribution in [2.75, 3.05) is 6.61 Å². The van der Waals surface area contributed by atoms with Gasteiger partial charge in [0.15, 0.2) is 0 Å². The zero-order chi connectivity index (χ0) is 15.0. The molecule has 20 heavy (non-hydrogen) atoms. The number of hydrogen-bond donors (Lipinski definition) is 3. The fourth-order valence-corrected chi connectivity index (χ4v) is 1.92. The van der Waals surface area contributed by atoms with Crippen molar-refractivity contribution in [2.45, 2.75) is 32.7 Å². The highest BCUT2D eigenvalue weighted by Gasteiger charge is 2.01. The summed E-state index contributed by atoms with van der Waals surface area (Å²) in [5.74, 6) is -0.184. The number of nitrogens with one attached hydrogen (secondary N) is 2. The first kappa shape index (κ1) is 16.2. The molecule has 1 aromatic carbocycles. The first-order chi connectivity index (χ1) is 9.60. The standard InChI is InChI=1S/C9H8FN.C6H13NO2/c1-6-4-7-5-8(10)2-3-9(7)11-6;1-2-3-6(4-8)7-5-9/h2-5,11H,1H3;5-6,8H,2-4H2,1H3,(H,7,9). The zero-order valence-electron chi connectivity index (χ0n) is 11.8. The van der Waals surface area contributed by atoms with Gasteiger partial charge >= 0.3 is 0 Å². The van der Waals surface area contributed by atoms with Gasteiger partial charge in [-0.25, -0.2) is 4.39 Å². The fraction of sp³-hybridized carbons (Fsp3) is 0.400. The second-order valence-electron chi connectivity index (χ2n) is 4.64. The summed E-state index contributed by atoms with van der Waals surface area (Å²) < 4.78 is 12.6. The highest BCUT2D eigenvalue weighted by atomic mass is 19.1. The Balaban J connectivity index is 0.000000206. The quantitative estimate of drug-likeness (QED) is 0.737. The molecule has 0 saturated carbocycles. The van der Waals surface area contributed by atoms with E-state index < -0.39 is 0 Å². The minimum absolute atomic E-state index is 0.0343. The molecule has 0 aliphatic rings. The SMILES string of the molecule is CCCC(CO)NC=O.Cc1cc2cc(F)ccc2[nH]1. The van der Waals surface area contributed by atoms with Gasteiger partial charge in [-0.05, 0) is 37.6 Å². The number of aromatic amines is 1. The van der Waals surface area contributed by atoms with Crippen molar-refractivity contribution in [3.8, 4) is 0 Å². The number of carbonyl (C=O) groups is 1. The van der Waals surface area contributed by atoms with Crippen LogP contribution in [-0.4, -0.2) is 29.1 Å². The third-order valence-corrected chi connectivity index (χ3v) is 2.88. The molecule has 110 valence electrons. The number of halogens is 1. The number of fused-ring (bicyclic) bond motifs is 1. The Morgan fingerprint density at radius 2 is 2.20 bits per heavy atom. The Labute approximate surface area is 118 Å².